The molecular weight excluding hydrogens is 191 g/mol. The van der Waals surface area contributed by atoms with Crippen LogP contribution in [-0.4, -0.2) is 0 Å². The first kappa shape index (κ1) is 10.1. The summed E-state index contributed by atoms with van der Waals surface area (Å²) in [6, 6.07) is 2.80. The van der Waals surface area contributed by atoms with Crippen molar-refractivity contribution >= 4 is 0 Å². The molecule has 0 aromatic heterocycles. The van der Waals surface area contributed by atoms with Gasteiger partial charge in [0.05, 0.1) is 18.1 Å². The van der Waals surface area contributed by atoms with Crippen LogP contribution in [0.3, 0.4) is 0 Å². The van der Waals surface area contributed by atoms with Crippen molar-refractivity contribution in [1.29, 1.82) is 5.26 Å². The topological polar surface area (TPSA) is 23.8 Å². The van der Waals surface area contributed by atoms with Crippen molar-refractivity contribution in [1.82, 2.24) is 0 Å². The molecule has 0 saturated carbocycles. The molecule has 0 unspecified atom stereocenters. The highest BCUT2D eigenvalue weighted by Crippen LogP contribution is 2.12. The molecule has 0 N–H and O–H groups in total. The summed E-state index contributed by atoms with van der Waals surface area (Å²) in [5.41, 5.74) is -0.251. The van der Waals surface area contributed by atoms with Gasteiger partial charge in [0.1, 0.15) is 5.82 Å². The van der Waals surface area contributed by atoms with Gasteiger partial charge in [0.25, 0.3) is 0 Å². The standard InChI is InChI=1S/C10H4F3N/c11-8-6-10(13)9(12)5-7(8)3-1-2-4-14/h5-6H,2H2. The van der Waals surface area contributed by atoms with Crippen LogP contribution in [0.2, 0.25) is 0 Å². The maximum atomic E-state index is 12.9. The molecule has 70 valence electrons. The molecule has 0 aliphatic carbocycles. The average molecular weight is 195 g/mol. The maximum Gasteiger partial charge on any atom is 0.161 e. The zero-order valence-electron chi connectivity index (χ0n) is 6.94. The first-order valence-corrected chi connectivity index (χ1v) is 3.65. The number of nitrogens with zero attached hydrogens (tertiary/aromatic N) is 1. The van der Waals surface area contributed by atoms with Crippen molar-refractivity contribution in [3.05, 3.63) is 35.1 Å². The van der Waals surface area contributed by atoms with Crippen molar-refractivity contribution in [2.24, 2.45) is 0 Å². The predicted molar refractivity (Wildman–Crippen MR) is 43.4 cm³/mol. The highest BCUT2D eigenvalue weighted by Gasteiger charge is 2.07. The van der Waals surface area contributed by atoms with Gasteiger partial charge in [-0.2, -0.15) is 5.26 Å². The molecule has 14 heavy (non-hydrogen) atoms. The van der Waals surface area contributed by atoms with Crippen LogP contribution in [0.5, 0.6) is 0 Å². The zero-order chi connectivity index (χ0) is 10.6. The second-order valence-electron chi connectivity index (χ2n) is 2.38. The fourth-order valence-corrected chi connectivity index (χ4v) is 0.797. The molecule has 1 aromatic carbocycles. The Balaban J connectivity index is 3.07. The van der Waals surface area contributed by atoms with Gasteiger partial charge < -0.3 is 0 Å². The summed E-state index contributed by atoms with van der Waals surface area (Å²) in [4.78, 5) is 0. The Labute approximate surface area is 78.8 Å². The van der Waals surface area contributed by atoms with Gasteiger partial charge >= 0.3 is 0 Å². The Kier molecular flexibility index (Phi) is 3.14. The van der Waals surface area contributed by atoms with E-state index in [0.29, 0.717) is 12.1 Å². The van der Waals surface area contributed by atoms with Gasteiger partial charge in [-0.3, -0.25) is 0 Å². The van der Waals surface area contributed by atoms with Crippen molar-refractivity contribution in [3.8, 4) is 17.9 Å². The van der Waals surface area contributed by atoms with E-state index < -0.39 is 17.5 Å². The van der Waals surface area contributed by atoms with E-state index in [1.807, 2.05) is 0 Å². The number of halogens is 3. The molecule has 0 spiro atoms. The van der Waals surface area contributed by atoms with Crippen LogP contribution in [0, 0.1) is 40.6 Å². The Morgan fingerprint density at radius 1 is 1.07 bits per heavy atom. The molecule has 0 bridgehead atoms. The van der Waals surface area contributed by atoms with Crippen molar-refractivity contribution in [3.63, 3.8) is 0 Å². The molecule has 0 radical (unpaired) electrons. The third kappa shape index (κ3) is 2.27. The Morgan fingerprint density at radius 3 is 2.36 bits per heavy atom. The fraction of sp³-hybridized carbons (Fsp3) is 0.100. The molecular formula is C10H4F3N. The minimum absolute atomic E-state index is 0.0849. The second-order valence-corrected chi connectivity index (χ2v) is 2.38. The van der Waals surface area contributed by atoms with Crippen LogP contribution in [0.15, 0.2) is 12.1 Å². The molecule has 0 atom stereocenters. The lowest BCUT2D eigenvalue weighted by Crippen LogP contribution is -1.90. The molecule has 1 rings (SSSR count). The molecule has 0 aliphatic heterocycles. The molecule has 0 fully saturated rings. The Hall–Kier alpha value is -1.94. The monoisotopic (exact) mass is 195 g/mol. The lowest BCUT2D eigenvalue weighted by Gasteiger charge is -1.95. The predicted octanol–water partition coefficient (Wildman–Crippen LogP) is 2.37. The highest BCUT2D eigenvalue weighted by molar-refractivity contribution is 5.36. The lowest BCUT2D eigenvalue weighted by molar-refractivity contribution is 0.494. The van der Waals surface area contributed by atoms with Gasteiger partial charge in [-0.15, -0.1) is 0 Å². The minimum Gasteiger partial charge on any atom is -0.206 e. The van der Waals surface area contributed by atoms with E-state index in [0.717, 1.165) is 0 Å². The average Bonchev–Trinajstić information content (AvgIpc) is 2.14. The maximum absolute atomic E-state index is 12.9. The normalized spacial score (nSPS) is 8.71. The third-order valence-corrected chi connectivity index (χ3v) is 1.40. The van der Waals surface area contributed by atoms with E-state index in [9.17, 15) is 13.2 Å². The molecule has 0 heterocycles. The van der Waals surface area contributed by atoms with E-state index in [1.54, 1.807) is 6.07 Å². The number of hydrogen-bond donors (Lipinski definition) is 0. The van der Waals surface area contributed by atoms with E-state index in [-0.39, 0.29) is 12.0 Å². The molecule has 0 amide bonds. The van der Waals surface area contributed by atoms with Gasteiger partial charge in [-0.25, -0.2) is 13.2 Å². The van der Waals surface area contributed by atoms with Crippen LogP contribution < -0.4 is 0 Å². The summed E-state index contributed by atoms with van der Waals surface area (Å²) in [6.45, 7) is 0. The van der Waals surface area contributed by atoms with Gasteiger partial charge in [0, 0.05) is 6.07 Å². The summed E-state index contributed by atoms with van der Waals surface area (Å²) in [7, 11) is 0. The third-order valence-electron chi connectivity index (χ3n) is 1.40. The van der Waals surface area contributed by atoms with Gasteiger partial charge in [0.15, 0.2) is 11.6 Å². The van der Waals surface area contributed by atoms with E-state index >= 15 is 0 Å². The van der Waals surface area contributed by atoms with Crippen LogP contribution in [0.1, 0.15) is 12.0 Å². The van der Waals surface area contributed by atoms with Crippen LogP contribution in [0.4, 0.5) is 13.2 Å². The van der Waals surface area contributed by atoms with E-state index in [4.69, 9.17) is 5.26 Å². The summed E-state index contributed by atoms with van der Waals surface area (Å²) < 4.78 is 37.9. The highest BCUT2D eigenvalue weighted by atomic mass is 19.2. The van der Waals surface area contributed by atoms with Crippen LogP contribution in [-0.2, 0) is 0 Å². The number of nitriles is 1. The van der Waals surface area contributed by atoms with E-state index in [1.165, 1.54) is 0 Å². The Bertz CT molecular complexity index is 449. The summed E-state index contributed by atoms with van der Waals surface area (Å²) >= 11 is 0. The van der Waals surface area contributed by atoms with Gasteiger partial charge in [-0.1, -0.05) is 11.8 Å². The largest absolute Gasteiger partial charge is 0.206 e. The molecule has 0 saturated heterocycles. The zero-order valence-corrected chi connectivity index (χ0v) is 6.94. The summed E-state index contributed by atoms with van der Waals surface area (Å²) in [6.07, 6.45) is -0.0849. The van der Waals surface area contributed by atoms with Crippen LogP contribution in [0.25, 0.3) is 0 Å². The first-order chi connectivity index (χ1) is 6.65. The first-order valence-electron chi connectivity index (χ1n) is 3.65. The van der Waals surface area contributed by atoms with Gasteiger partial charge in [0.2, 0.25) is 0 Å². The number of benzene rings is 1. The smallest absolute Gasteiger partial charge is 0.161 e. The molecule has 1 aromatic rings. The minimum atomic E-state index is -1.26. The number of rotatable bonds is 0. The SMILES string of the molecule is N#CCC#Cc1cc(F)c(F)cc1F. The quantitative estimate of drug-likeness (QED) is 0.460. The fourth-order valence-electron chi connectivity index (χ4n) is 0.797. The Morgan fingerprint density at radius 2 is 1.71 bits per heavy atom. The number of hydrogen-bond acceptors (Lipinski definition) is 1. The molecule has 1 nitrogen and oxygen atoms in total. The van der Waals surface area contributed by atoms with Crippen molar-refractivity contribution < 1.29 is 13.2 Å². The molecule has 0 aliphatic rings. The van der Waals surface area contributed by atoms with Crippen LogP contribution >= 0.6 is 0 Å². The van der Waals surface area contributed by atoms with Crippen molar-refractivity contribution in [2.45, 2.75) is 6.42 Å². The summed E-state index contributed by atoms with van der Waals surface area (Å²) in [5.74, 6) is 1.17. The lowest BCUT2D eigenvalue weighted by atomic mass is 10.2. The summed E-state index contributed by atoms with van der Waals surface area (Å²) in [5, 5.41) is 8.13. The van der Waals surface area contributed by atoms with E-state index in [2.05, 4.69) is 11.8 Å². The second kappa shape index (κ2) is 4.34. The van der Waals surface area contributed by atoms with Gasteiger partial charge in [-0.05, 0) is 6.07 Å². The molecule has 4 heteroatoms. The van der Waals surface area contributed by atoms with Crippen molar-refractivity contribution in [2.75, 3.05) is 0 Å².